The fourth-order valence-electron chi connectivity index (χ4n) is 1.96. The first kappa shape index (κ1) is 13.8. The molecular formula is C12H26OSi. The van der Waals surface area contributed by atoms with Crippen molar-refractivity contribution >= 4 is 8.80 Å². The van der Waals surface area contributed by atoms with Crippen LogP contribution in [-0.4, -0.2) is 15.4 Å². The van der Waals surface area contributed by atoms with Crippen molar-refractivity contribution in [2.45, 2.75) is 58.5 Å². The van der Waals surface area contributed by atoms with Crippen molar-refractivity contribution in [2.75, 3.05) is 6.61 Å². The standard InChI is InChI=1S/C12H26OSi/c1-7-8-9-13-12(6)14(10(2)3)11(4)5/h10-11,14H,6-9H2,1-5H3. The molecule has 0 bridgehead atoms. The van der Waals surface area contributed by atoms with E-state index in [9.17, 15) is 0 Å². The summed E-state index contributed by atoms with van der Waals surface area (Å²) < 4.78 is 5.73. The molecule has 0 unspecified atom stereocenters. The Hall–Kier alpha value is -0.243. The second-order valence-electron chi connectivity index (χ2n) is 4.68. The average Bonchev–Trinajstić information content (AvgIpc) is 2.03. The largest absolute Gasteiger partial charge is 0.504 e. The summed E-state index contributed by atoms with van der Waals surface area (Å²) in [5, 5.41) is 1.11. The molecule has 0 aliphatic rings. The Morgan fingerprint density at radius 3 is 2.07 bits per heavy atom. The molecule has 0 amide bonds. The molecule has 0 rings (SSSR count). The van der Waals surface area contributed by atoms with Crippen molar-refractivity contribution in [3.63, 3.8) is 0 Å². The van der Waals surface area contributed by atoms with E-state index in [1.54, 1.807) is 0 Å². The Bertz CT molecular complexity index is 156. The van der Waals surface area contributed by atoms with Crippen LogP contribution in [0.3, 0.4) is 0 Å². The maximum Gasteiger partial charge on any atom is 0.120 e. The van der Waals surface area contributed by atoms with Crippen LogP contribution in [0, 0.1) is 0 Å². The van der Waals surface area contributed by atoms with Crippen molar-refractivity contribution in [3.8, 4) is 0 Å². The first-order valence-electron chi connectivity index (χ1n) is 5.82. The highest BCUT2D eigenvalue weighted by Gasteiger charge is 2.23. The van der Waals surface area contributed by atoms with Gasteiger partial charge in [-0.15, -0.1) is 0 Å². The Morgan fingerprint density at radius 2 is 1.71 bits per heavy atom. The van der Waals surface area contributed by atoms with Crippen molar-refractivity contribution < 1.29 is 4.74 Å². The average molecular weight is 214 g/mol. The molecule has 0 aromatic carbocycles. The maximum atomic E-state index is 5.73. The minimum absolute atomic E-state index is 0.754. The third kappa shape index (κ3) is 4.84. The van der Waals surface area contributed by atoms with Gasteiger partial charge < -0.3 is 4.74 Å². The van der Waals surface area contributed by atoms with Crippen LogP contribution in [0.25, 0.3) is 0 Å². The summed E-state index contributed by atoms with van der Waals surface area (Å²) in [5.41, 5.74) is 1.51. The molecule has 0 saturated heterocycles. The third-order valence-corrected chi connectivity index (χ3v) is 6.38. The van der Waals surface area contributed by atoms with Crippen LogP contribution in [0.5, 0.6) is 0 Å². The first-order chi connectivity index (χ1) is 6.50. The highest BCUT2D eigenvalue weighted by molar-refractivity contribution is 6.68. The Balaban J connectivity index is 4.03. The van der Waals surface area contributed by atoms with Crippen LogP contribution in [0.1, 0.15) is 47.5 Å². The molecule has 14 heavy (non-hydrogen) atoms. The van der Waals surface area contributed by atoms with E-state index in [2.05, 4.69) is 41.2 Å². The van der Waals surface area contributed by atoms with E-state index in [1.807, 2.05) is 0 Å². The lowest BCUT2D eigenvalue weighted by molar-refractivity contribution is 0.228. The molecule has 0 aromatic heterocycles. The molecule has 0 radical (unpaired) electrons. The molecule has 0 saturated carbocycles. The van der Waals surface area contributed by atoms with Gasteiger partial charge in [0.15, 0.2) is 0 Å². The molecule has 0 N–H and O–H groups in total. The highest BCUT2D eigenvalue weighted by Crippen LogP contribution is 2.25. The monoisotopic (exact) mass is 214 g/mol. The Morgan fingerprint density at radius 1 is 1.21 bits per heavy atom. The van der Waals surface area contributed by atoms with Gasteiger partial charge in [0.05, 0.1) is 12.0 Å². The predicted molar refractivity (Wildman–Crippen MR) is 67.3 cm³/mol. The quantitative estimate of drug-likeness (QED) is 0.355. The maximum absolute atomic E-state index is 5.73. The number of ether oxygens (including phenoxy) is 1. The summed E-state index contributed by atoms with van der Waals surface area (Å²) in [6.45, 7) is 16.3. The summed E-state index contributed by atoms with van der Waals surface area (Å²) in [6.07, 6.45) is 2.35. The van der Waals surface area contributed by atoms with Crippen LogP contribution in [0.2, 0.25) is 11.1 Å². The van der Waals surface area contributed by atoms with E-state index in [0.29, 0.717) is 0 Å². The van der Waals surface area contributed by atoms with E-state index >= 15 is 0 Å². The molecule has 1 nitrogen and oxygen atoms in total. The van der Waals surface area contributed by atoms with Crippen molar-refractivity contribution in [2.24, 2.45) is 0 Å². The number of unbranched alkanes of at least 4 members (excludes halogenated alkanes) is 1. The van der Waals surface area contributed by atoms with Gasteiger partial charge in [-0.05, 0) is 17.5 Å². The van der Waals surface area contributed by atoms with Gasteiger partial charge in [0.25, 0.3) is 0 Å². The minimum Gasteiger partial charge on any atom is -0.504 e. The number of hydrogen-bond donors (Lipinski definition) is 0. The summed E-state index contributed by atoms with van der Waals surface area (Å²) in [7, 11) is -0.934. The number of rotatable bonds is 7. The lowest BCUT2D eigenvalue weighted by Crippen LogP contribution is -2.25. The summed E-state index contributed by atoms with van der Waals surface area (Å²) in [6, 6.07) is 0. The van der Waals surface area contributed by atoms with Gasteiger partial charge in [-0.3, -0.25) is 0 Å². The van der Waals surface area contributed by atoms with E-state index in [4.69, 9.17) is 4.74 Å². The Labute approximate surface area is 91.2 Å². The SMILES string of the molecule is C=C(OCCCC)[SiH](C(C)C)C(C)C. The molecule has 0 aromatic rings. The fraction of sp³-hybridized carbons (Fsp3) is 0.833. The summed E-state index contributed by atoms with van der Waals surface area (Å²) in [4.78, 5) is 0. The molecule has 0 spiro atoms. The van der Waals surface area contributed by atoms with Crippen LogP contribution in [0.4, 0.5) is 0 Å². The molecule has 0 heterocycles. The minimum atomic E-state index is -0.934. The van der Waals surface area contributed by atoms with Crippen molar-refractivity contribution in [3.05, 3.63) is 12.0 Å². The normalized spacial score (nSPS) is 11.4. The molecule has 0 aliphatic carbocycles. The second-order valence-corrected chi connectivity index (χ2v) is 9.04. The molecule has 2 heteroatoms. The van der Waals surface area contributed by atoms with E-state index in [1.165, 1.54) is 6.42 Å². The van der Waals surface area contributed by atoms with Crippen LogP contribution < -0.4 is 0 Å². The smallest absolute Gasteiger partial charge is 0.120 e. The second kappa shape index (κ2) is 7.10. The van der Waals surface area contributed by atoms with Gasteiger partial charge in [-0.1, -0.05) is 47.6 Å². The molecule has 84 valence electrons. The van der Waals surface area contributed by atoms with Gasteiger partial charge in [0.1, 0.15) is 8.80 Å². The third-order valence-electron chi connectivity index (χ3n) is 2.59. The number of hydrogen-bond acceptors (Lipinski definition) is 1. The zero-order valence-corrected chi connectivity index (χ0v) is 11.6. The van der Waals surface area contributed by atoms with Crippen LogP contribution in [-0.2, 0) is 4.74 Å². The summed E-state index contributed by atoms with van der Waals surface area (Å²) >= 11 is 0. The molecule has 0 fully saturated rings. The zero-order valence-electron chi connectivity index (χ0n) is 10.5. The summed E-state index contributed by atoms with van der Waals surface area (Å²) in [5.74, 6) is 0. The highest BCUT2D eigenvalue weighted by atomic mass is 28.3. The zero-order chi connectivity index (χ0) is 11.1. The van der Waals surface area contributed by atoms with E-state index in [0.717, 1.165) is 29.5 Å². The molecule has 0 aliphatic heterocycles. The van der Waals surface area contributed by atoms with Crippen LogP contribution >= 0.6 is 0 Å². The van der Waals surface area contributed by atoms with E-state index < -0.39 is 8.80 Å². The lowest BCUT2D eigenvalue weighted by atomic mass is 10.4. The van der Waals surface area contributed by atoms with Gasteiger partial charge >= 0.3 is 0 Å². The fourth-order valence-corrected chi connectivity index (χ4v) is 5.29. The topological polar surface area (TPSA) is 9.23 Å². The predicted octanol–water partition coefficient (Wildman–Crippen LogP) is 3.90. The van der Waals surface area contributed by atoms with E-state index in [-0.39, 0.29) is 0 Å². The first-order valence-corrected chi connectivity index (χ1v) is 7.73. The molecule has 0 atom stereocenters. The van der Waals surface area contributed by atoms with Crippen molar-refractivity contribution in [1.29, 1.82) is 0 Å². The molecular weight excluding hydrogens is 188 g/mol. The van der Waals surface area contributed by atoms with Gasteiger partial charge in [0, 0.05) is 0 Å². The van der Waals surface area contributed by atoms with Crippen LogP contribution in [0.15, 0.2) is 12.0 Å². The van der Waals surface area contributed by atoms with Gasteiger partial charge in [-0.25, -0.2) is 0 Å². The van der Waals surface area contributed by atoms with Gasteiger partial charge in [-0.2, -0.15) is 0 Å². The lowest BCUT2D eigenvalue weighted by Gasteiger charge is -2.25. The van der Waals surface area contributed by atoms with Gasteiger partial charge in [0.2, 0.25) is 0 Å². The van der Waals surface area contributed by atoms with Crippen molar-refractivity contribution in [1.82, 2.24) is 0 Å². The Kier molecular flexibility index (Phi) is 6.98.